The highest BCUT2D eigenvalue weighted by Gasteiger charge is 2.31. The van der Waals surface area contributed by atoms with Crippen LogP contribution < -0.4 is 10.5 Å². The van der Waals surface area contributed by atoms with Crippen LogP contribution in [-0.4, -0.2) is 81.8 Å². The number of aliphatic carboxylic acids is 1. The zero-order chi connectivity index (χ0) is 27.8. The fourth-order valence-corrected chi connectivity index (χ4v) is 3.39. The zero-order valence-corrected chi connectivity index (χ0v) is 21.0. The molecule has 2 rings (SSSR count). The van der Waals surface area contributed by atoms with Gasteiger partial charge in [-0.05, 0) is 58.2 Å². The minimum atomic E-state index is -1.17. The molecule has 1 aromatic rings. The maximum atomic E-state index is 13.1. The Morgan fingerprint density at radius 2 is 1.73 bits per heavy atom. The lowest BCUT2D eigenvalue weighted by atomic mass is 10.0. The number of hydrogen-bond acceptors (Lipinski definition) is 9. The lowest BCUT2D eigenvalue weighted by molar-refractivity contribution is -0.162. The van der Waals surface area contributed by atoms with Gasteiger partial charge in [-0.15, -0.1) is 0 Å². The van der Waals surface area contributed by atoms with Crippen LogP contribution in [0.15, 0.2) is 36.4 Å². The van der Waals surface area contributed by atoms with E-state index in [1.54, 1.807) is 20.8 Å². The molecule has 0 unspecified atom stereocenters. The maximum Gasteiger partial charge on any atom is 0.341 e. The number of unbranched alkanes of at least 4 members (excludes halogenated alkanes) is 1. The van der Waals surface area contributed by atoms with Gasteiger partial charge in [-0.25, -0.2) is 14.4 Å². The number of carbonyl (C=O) groups is 6. The number of carboxylic acids is 1. The molecule has 0 bridgehead atoms. The van der Waals surface area contributed by atoms with Crippen LogP contribution >= 0.6 is 0 Å². The Bertz CT molecular complexity index is 1070. The first-order valence-corrected chi connectivity index (χ1v) is 11.6. The molecular formula is C25H31N3O9. The minimum absolute atomic E-state index is 0.152. The summed E-state index contributed by atoms with van der Waals surface area (Å²) in [7, 11) is 0. The fraction of sp³-hybridized carbons (Fsp3) is 0.440. The molecule has 0 aromatic heterocycles. The lowest BCUT2D eigenvalue weighted by Crippen LogP contribution is -2.49. The van der Waals surface area contributed by atoms with Crippen LogP contribution in [0.25, 0.3) is 0 Å². The van der Waals surface area contributed by atoms with E-state index < -0.39 is 60.4 Å². The van der Waals surface area contributed by atoms with Gasteiger partial charge in [-0.1, -0.05) is 6.07 Å². The summed E-state index contributed by atoms with van der Waals surface area (Å²) < 4.78 is 9.97. The van der Waals surface area contributed by atoms with E-state index in [0.29, 0.717) is 12.8 Å². The van der Waals surface area contributed by atoms with Crippen LogP contribution in [0.2, 0.25) is 0 Å². The predicted molar refractivity (Wildman–Crippen MR) is 129 cm³/mol. The molecule has 3 amide bonds. The summed E-state index contributed by atoms with van der Waals surface area (Å²) in [6.45, 7) is 4.16. The topological polar surface area (TPSA) is 174 Å². The third-order valence-corrected chi connectivity index (χ3v) is 5.35. The first kappa shape index (κ1) is 29.2. The minimum Gasteiger partial charge on any atom is -0.482 e. The Kier molecular flexibility index (Phi) is 10.1. The number of nitrogens with two attached hydrogens (primary N) is 1. The van der Waals surface area contributed by atoms with Crippen LogP contribution in [0.5, 0.6) is 5.75 Å². The highest BCUT2D eigenvalue weighted by molar-refractivity contribution is 6.12. The summed E-state index contributed by atoms with van der Waals surface area (Å²) in [6.07, 6.45) is 3.38. The summed E-state index contributed by atoms with van der Waals surface area (Å²) in [6, 6.07) is 4.75. The van der Waals surface area contributed by atoms with E-state index in [2.05, 4.69) is 0 Å². The summed E-state index contributed by atoms with van der Waals surface area (Å²) >= 11 is 0. The number of imide groups is 1. The molecule has 12 nitrogen and oxygen atoms in total. The molecule has 0 aliphatic carbocycles. The number of carbonyl (C=O) groups excluding carboxylic acids is 5. The second-order valence-electron chi connectivity index (χ2n) is 9.33. The second kappa shape index (κ2) is 12.8. The van der Waals surface area contributed by atoms with E-state index in [1.807, 2.05) is 0 Å². The van der Waals surface area contributed by atoms with E-state index in [-0.39, 0.29) is 24.3 Å². The van der Waals surface area contributed by atoms with Gasteiger partial charge in [0.1, 0.15) is 18.3 Å². The van der Waals surface area contributed by atoms with Crippen molar-refractivity contribution < 1.29 is 43.3 Å². The number of esters is 2. The summed E-state index contributed by atoms with van der Waals surface area (Å²) in [4.78, 5) is 74.0. The Hall–Kier alpha value is -4.06. The Balaban J connectivity index is 1.91. The molecule has 0 radical (unpaired) electrons. The third kappa shape index (κ3) is 8.83. The quantitative estimate of drug-likeness (QED) is 0.175. The van der Waals surface area contributed by atoms with Gasteiger partial charge in [0.2, 0.25) is 0 Å². The van der Waals surface area contributed by atoms with Crippen molar-refractivity contribution in [3.8, 4) is 5.75 Å². The molecular weight excluding hydrogens is 486 g/mol. The molecule has 1 aliphatic rings. The van der Waals surface area contributed by atoms with Gasteiger partial charge in [0.25, 0.3) is 17.7 Å². The van der Waals surface area contributed by atoms with Gasteiger partial charge in [0, 0.05) is 29.8 Å². The highest BCUT2D eigenvalue weighted by Crippen LogP contribution is 2.21. The molecule has 3 N–H and O–H groups in total. The molecule has 0 spiro atoms. The summed E-state index contributed by atoms with van der Waals surface area (Å²) in [5.74, 6) is -4.27. The number of ether oxygens (including phenoxy) is 2. The lowest BCUT2D eigenvalue weighted by Gasteiger charge is -2.35. The summed E-state index contributed by atoms with van der Waals surface area (Å²) in [5.41, 5.74) is 5.14. The average Bonchev–Trinajstić information content (AvgIpc) is 3.14. The van der Waals surface area contributed by atoms with Gasteiger partial charge >= 0.3 is 17.9 Å². The predicted octanol–water partition coefficient (Wildman–Crippen LogP) is 0.883. The van der Waals surface area contributed by atoms with Crippen LogP contribution in [0.1, 0.15) is 50.4 Å². The van der Waals surface area contributed by atoms with Gasteiger partial charge < -0.3 is 25.2 Å². The molecule has 12 heteroatoms. The van der Waals surface area contributed by atoms with Crippen LogP contribution in [-0.2, 0) is 28.7 Å². The zero-order valence-electron chi connectivity index (χ0n) is 21.0. The normalized spacial score (nSPS) is 13.9. The van der Waals surface area contributed by atoms with E-state index in [9.17, 15) is 28.8 Å². The smallest absolute Gasteiger partial charge is 0.341 e. The number of amides is 3. The Morgan fingerprint density at radius 3 is 2.32 bits per heavy atom. The van der Waals surface area contributed by atoms with Gasteiger partial charge in [-0.2, -0.15) is 0 Å². The largest absolute Gasteiger partial charge is 0.482 e. The molecule has 1 aliphatic heterocycles. The molecule has 1 atom stereocenters. The molecule has 1 heterocycles. The van der Waals surface area contributed by atoms with Gasteiger partial charge in [0.05, 0.1) is 0 Å². The van der Waals surface area contributed by atoms with Gasteiger partial charge in [-0.3, -0.25) is 19.3 Å². The average molecular weight is 518 g/mol. The standard InChI is InChI=1S/C25H31N3O9/c1-25(2,3)28(23(34)16-7-6-8-17(13-16)36-15-21(31)32)14-22(33)37-24(35)18(26)9-4-5-12-27-19(29)10-11-20(27)30/h6-8,10-11,13,18H,4-5,9,12,14-15,26H2,1-3H3,(H,31,32)/t18-/m0/s1. The first-order chi connectivity index (χ1) is 17.3. The van der Waals surface area contributed by atoms with Crippen molar-refractivity contribution in [2.24, 2.45) is 5.73 Å². The number of hydrogen-bond donors (Lipinski definition) is 2. The molecule has 0 saturated heterocycles. The van der Waals surface area contributed by atoms with E-state index >= 15 is 0 Å². The Morgan fingerprint density at radius 1 is 1.08 bits per heavy atom. The third-order valence-electron chi connectivity index (χ3n) is 5.35. The SMILES string of the molecule is CC(C)(C)N(CC(=O)OC(=O)[C@@H](N)CCCCN1C(=O)C=CC1=O)C(=O)c1cccc(OCC(=O)O)c1. The fourth-order valence-electron chi connectivity index (χ4n) is 3.39. The molecule has 37 heavy (non-hydrogen) atoms. The van der Waals surface area contributed by atoms with Crippen molar-refractivity contribution in [2.75, 3.05) is 19.7 Å². The highest BCUT2D eigenvalue weighted by atomic mass is 16.6. The Labute approximate surface area is 214 Å². The van der Waals surface area contributed by atoms with Crippen molar-refractivity contribution in [3.05, 3.63) is 42.0 Å². The molecule has 0 fully saturated rings. The molecule has 1 aromatic carbocycles. The van der Waals surface area contributed by atoms with Crippen molar-refractivity contribution in [1.29, 1.82) is 0 Å². The number of nitrogens with zero attached hydrogens (tertiary/aromatic N) is 2. The van der Waals surface area contributed by atoms with Crippen LogP contribution in [0.3, 0.4) is 0 Å². The van der Waals surface area contributed by atoms with Crippen molar-refractivity contribution in [3.63, 3.8) is 0 Å². The van der Waals surface area contributed by atoms with E-state index in [4.69, 9.17) is 20.3 Å². The second-order valence-corrected chi connectivity index (χ2v) is 9.33. The van der Waals surface area contributed by atoms with Crippen molar-refractivity contribution >= 4 is 35.6 Å². The van der Waals surface area contributed by atoms with Crippen LogP contribution in [0.4, 0.5) is 0 Å². The number of rotatable bonds is 12. The van der Waals surface area contributed by atoms with Gasteiger partial charge in [0.15, 0.2) is 6.61 Å². The maximum absolute atomic E-state index is 13.1. The monoisotopic (exact) mass is 517 g/mol. The molecule has 200 valence electrons. The van der Waals surface area contributed by atoms with Crippen molar-refractivity contribution in [1.82, 2.24) is 9.80 Å². The molecule has 0 saturated carbocycles. The van der Waals surface area contributed by atoms with Crippen molar-refractivity contribution in [2.45, 2.75) is 51.6 Å². The number of carboxylic acid groups (broad SMARTS) is 1. The van der Waals surface area contributed by atoms with E-state index in [0.717, 1.165) is 4.90 Å². The van der Waals surface area contributed by atoms with Crippen LogP contribution in [0, 0.1) is 0 Å². The number of benzene rings is 1. The summed E-state index contributed by atoms with van der Waals surface area (Å²) in [5, 5.41) is 8.77. The first-order valence-electron chi connectivity index (χ1n) is 11.6. The van der Waals surface area contributed by atoms with E-state index in [1.165, 1.54) is 41.3 Å².